The zero-order valence-corrected chi connectivity index (χ0v) is 13.3. The van der Waals surface area contributed by atoms with Gasteiger partial charge in [0.1, 0.15) is 18.7 Å². The second-order valence-corrected chi connectivity index (χ2v) is 6.00. The molecule has 0 amide bonds. The Hall–Kier alpha value is -2.03. The van der Waals surface area contributed by atoms with E-state index in [0.717, 1.165) is 0 Å². The van der Waals surface area contributed by atoms with E-state index in [9.17, 15) is 10.2 Å². The maximum atomic E-state index is 9.88. The lowest BCUT2D eigenvalue weighted by Gasteiger charge is -2.12. The number of hydrogen-bond acceptors (Lipinski definition) is 6. The number of rotatable bonds is 4. The predicted molar refractivity (Wildman–Crippen MR) is 83.2 cm³/mol. The number of nitrogens with zero attached hydrogens (tertiary/aromatic N) is 4. The predicted octanol–water partition coefficient (Wildman–Crippen LogP) is -0.0921. The summed E-state index contributed by atoms with van der Waals surface area (Å²) in [5.41, 5.74) is 8.59. The third-order valence-corrected chi connectivity index (χ3v) is 4.03. The minimum absolute atomic E-state index is 0.220. The molecule has 124 valence electrons. The van der Waals surface area contributed by atoms with Gasteiger partial charge in [0, 0.05) is 6.42 Å². The van der Waals surface area contributed by atoms with Gasteiger partial charge < -0.3 is 20.7 Å². The Morgan fingerprint density at radius 3 is 2.96 bits per heavy atom. The fourth-order valence-corrected chi connectivity index (χ4v) is 2.67. The van der Waals surface area contributed by atoms with Gasteiger partial charge in [0.25, 0.3) is 5.82 Å². The van der Waals surface area contributed by atoms with E-state index in [1.54, 1.807) is 17.2 Å². The van der Waals surface area contributed by atoms with Gasteiger partial charge in [-0.25, -0.2) is 9.55 Å². The normalized spacial score (nSPS) is 24.3. The SMILES string of the molecule is CC(C)=CC[n+]1cnc2c(ncn2[C@H]2C[C@H](O)[C@@H](CO)O2)c1N. The van der Waals surface area contributed by atoms with Gasteiger partial charge in [0.05, 0.1) is 19.3 Å². The van der Waals surface area contributed by atoms with Crippen LogP contribution < -0.4 is 10.3 Å². The van der Waals surface area contributed by atoms with Gasteiger partial charge in [-0.2, -0.15) is 0 Å². The first-order chi connectivity index (χ1) is 11.0. The summed E-state index contributed by atoms with van der Waals surface area (Å²) in [6.45, 7) is 4.47. The van der Waals surface area contributed by atoms with E-state index in [1.165, 1.54) is 5.57 Å². The van der Waals surface area contributed by atoms with Crippen molar-refractivity contribution in [3.8, 4) is 0 Å². The summed E-state index contributed by atoms with van der Waals surface area (Å²) in [5, 5.41) is 19.1. The van der Waals surface area contributed by atoms with Crippen molar-refractivity contribution in [2.24, 2.45) is 0 Å². The molecule has 0 bridgehead atoms. The average Bonchev–Trinajstić information content (AvgIpc) is 3.10. The zero-order chi connectivity index (χ0) is 16.6. The van der Waals surface area contributed by atoms with Crippen LogP contribution in [0.4, 0.5) is 5.82 Å². The summed E-state index contributed by atoms with van der Waals surface area (Å²) in [6, 6.07) is 0. The molecule has 0 saturated carbocycles. The first-order valence-electron chi connectivity index (χ1n) is 7.59. The Bertz CT molecular complexity index is 738. The van der Waals surface area contributed by atoms with Crippen molar-refractivity contribution in [3.05, 3.63) is 24.3 Å². The molecule has 8 nitrogen and oxygen atoms in total. The number of aliphatic hydroxyl groups is 2. The van der Waals surface area contributed by atoms with Gasteiger partial charge in [-0.3, -0.25) is 4.57 Å². The number of nitrogens with two attached hydrogens (primary N) is 1. The van der Waals surface area contributed by atoms with Gasteiger partial charge in [-0.05, 0) is 13.8 Å². The molecule has 0 aliphatic carbocycles. The van der Waals surface area contributed by atoms with Crippen LogP contribution in [-0.4, -0.2) is 43.6 Å². The molecule has 2 aromatic heterocycles. The molecule has 4 N–H and O–H groups in total. The van der Waals surface area contributed by atoms with Crippen LogP contribution in [0.25, 0.3) is 11.2 Å². The Morgan fingerprint density at radius 2 is 2.30 bits per heavy atom. The minimum Gasteiger partial charge on any atom is -0.394 e. The van der Waals surface area contributed by atoms with Gasteiger partial charge >= 0.3 is 0 Å². The number of nitrogen functional groups attached to an aromatic ring is 1. The van der Waals surface area contributed by atoms with Crippen molar-refractivity contribution in [2.75, 3.05) is 12.3 Å². The van der Waals surface area contributed by atoms with Gasteiger partial charge in [0.2, 0.25) is 12.0 Å². The second kappa shape index (κ2) is 6.23. The van der Waals surface area contributed by atoms with Crippen molar-refractivity contribution >= 4 is 17.0 Å². The van der Waals surface area contributed by atoms with E-state index in [4.69, 9.17) is 10.5 Å². The van der Waals surface area contributed by atoms with Crippen LogP contribution in [0.5, 0.6) is 0 Å². The zero-order valence-electron chi connectivity index (χ0n) is 13.3. The van der Waals surface area contributed by atoms with Gasteiger partial charge in [-0.1, -0.05) is 16.6 Å². The second-order valence-electron chi connectivity index (χ2n) is 6.00. The highest BCUT2D eigenvalue weighted by atomic mass is 16.5. The molecule has 1 aliphatic heterocycles. The summed E-state index contributed by atoms with van der Waals surface area (Å²) in [6.07, 6.45) is 4.02. The summed E-state index contributed by atoms with van der Waals surface area (Å²) in [7, 11) is 0. The number of hydrogen-bond donors (Lipinski definition) is 3. The molecule has 8 heteroatoms. The fourth-order valence-electron chi connectivity index (χ4n) is 2.67. The molecular weight excluding hydrogens is 298 g/mol. The topological polar surface area (TPSA) is 110 Å². The number of imidazole rings is 1. The molecule has 1 fully saturated rings. The lowest BCUT2D eigenvalue weighted by molar-refractivity contribution is -0.674. The largest absolute Gasteiger partial charge is 0.394 e. The van der Waals surface area contributed by atoms with Crippen molar-refractivity contribution in [2.45, 2.75) is 45.2 Å². The molecule has 3 atom stereocenters. The number of fused-ring (bicyclic) bond motifs is 1. The molecule has 0 unspecified atom stereocenters. The number of anilines is 1. The average molecular weight is 320 g/mol. The first kappa shape index (κ1) is 15.9. The van der Waals surface area contributed by atoms with Crippen LogP contribution in [0.1, 0.15) is 26.5 Å². The highest BCUT2D eigenvalue weighted by molar-refractivity contribution is 5.79. The number of allylic oxidation sites excluding steroid dienone is 2. The molecule has 0 spiro atoms. The van der Waals surface area contributed by atoms with E-state index in [1.807, 2.05) is 18.4 Å². The van der Waals surface area contributed by atoms with Crippen molar-refractivity contribution in [3.63, 3.8) is 0 Å². The van der Waals surface area contributed by atoms with Crippen molar-refractivity contribution in [1.82, 2.24) is 14.5 Å². The van der Waals surface area contributed by atoms with Gasteiger partial charge in [-0.15, -0.1) is 0 Å². The van der Waals surface area contributed by atoms with Crippen molar-refractivity contribution in [1.29, 1.82) is 0 Å². The van der Waals surface area contributed by atoms with Crippen LogP contribution in [0.3, 0.4) is 0 Å². The van der Waals surface area contributed by atoms with E-state index >= 15 is 0 Å². The molecule has 2 aromatic rings. The van der Waals surface area contributed by atoms with E-state index in [-0.39, 0.29) is 6.61 Å². The first-order valence-corrected chi connectivity index (χ1v) is 7.59. The summed E-state index contributed by atoms with van der Waals surface area (Å²) >= 11 is 0. The van der Waals surface area contributed by atoms with Crippen LogP contribution in [0, 0.1) is 0 Å². The lowest BCUT2D eigenvalue weighted by atomic mass is 10.2. The maximum Gasteiger partial charge on any atom is 0.251 e. The van der Waals surface area contributed by atoms with Crippen LogP contribution in [0.15, 0.2) is 24.3 Å². The van der Waals surface area contributed by atoms with Crippen LogP contribution in [0.2, 0.25) is 0 Å². The van der Waals surface area contributed by atoms with Crippen molar-refractivity contribution < 1.29 is 19.5 Å². The summed E-state index contributed by atoms with van der Waals surface area (Å²) in [5.74, 6) is 0.531. The third kappa shape index (κ3) is 2.92. The highest BCUT2D eigenvalue weighted by Gasteiger charge is 2.36. The Morgan fingerprint density at radius 1 is 1.52 bits per heavy atom. The fraction of sp³-hybridized carbons (Fsp3) is 0.533. The minimum atomic E-state index is -0.703. The smallest absolute Gasteiger partial charge is 0.251 e. The number of aromatic nitrogens is 4. The molecule has 1 aliphatic rings. The number of aliphatic hydroxyl groups excluding tert-OH is 2. The summed E-state index contributed by atoms with van der Waals surface area (Å²) < 4.78 is 9.22. The quantitative estimate of drug-likeness (QED) is 0.536. The van der Waals surface area contributed by atoms with E-state index < -0.39 is 18.4 Å². The lowest BCUT2D eigenvalue weighted by Crippen LogP contribution is -2.37. The van der Waals surface area contributed by atoms with Crippen LogP contribution >= 0.6 is 0 Å². The Balaban J connectivity index is 1.93. The highest BCUT2D eigenvalue weighted by Crippen LogP contribution is 2.30. The third-order valence-electron chi connectivity index (χ3n) is 4.03. The van der Waals surface area contributed by atoms with E-state index in [2.05, 4.69) is 16.0 Å². The maximum absolute atomic E-state index is 9.88. The monoisotopic (exact) mass is 320 g/mol. The molecule has 23 heavy (non-hydrogen) atoms. The Kier molecular flexibility index (Phi) is 4.29. The van der Waals surface area contributed by atoms with E-state index in [0.29, 0.717) is 29.9 Å². The summed E-state index contributed by atoms with van der Waals surface area (Å²) in [4.78, 5) is 8.77. The Labute approximate surface area is 133 Å². The molecular formula is C15H22N5O3+. The molecule has 3 rings (SSSR count). The molecule has 0 aromatic carbocycles. The molecule has 1 saturated heterocycles. The molecule has 0 radical (unpaired) electrons. The standard InChI is InChI=1S/C15H21N5O3/c1-9(2)3-4-19-7-18-15-13(14(19)16)17-8-20(15)12-5-10(22)11(6-21)23-12/h3,7-8,10-12,16,21-22H,4-6H2,1-2H3/p+1/t10-,11+,12+/m0/s1. The molecule has 3 heterocycles. The van der Waals surface area contributed by atoms with Crippen LogP contribution in [-0.2, 0) is 11.3 Å². The van der Waals surface area contributed by atoms with Gasteiger partial charge in [0.15, 0.2) is 5.52 Å². The number of ether oxygens (including phenoxy) is 1.